The van der Waals surface area contributed by atoms with Crippen LogP contribution in [0.15, 0.2) is 30.3 Å². The molecule has 6 nitrogen and oxygen atoms in total. The molecule has 2 aromatic rings. The highest BCUT2D eigenvalue weighted by Gasteiger charge is 2.28. The zero-order valence-electron chi connectivity index (χ0n) is 13.3. The lowest BCUT2D eigenvalue weighted by molar-refractivity contribution is 0.602. The topological polar surface area (TPSA) is 84.0 Å². The van der Waals surface area contributed by atoms with E-state index in [4.69, 9.17) is 0 Å². The molecule has 1 aromatic carbocycles. The second kappa shape index (κ2) is 6.72. The van der Waals surface area contributed by atoms with Crippen molar-refractivity contribution in [2.45, 2.75) is 25.9 Å². The fraction of sp³-hybridized carbons (Fsp3) is 0.375. The summed E-state index contributed by atoms with van der Waals surface area (Å²) in [5.74, 6) is 1.73. The van der Waals surface area contributed by atoms with Gasteiger partial charge in [0.2, 0.25) is 0 Å². The van der Waals surface area contributed by atoms with E-state index in [0.717, 1.165) is 0 Å². The number of benzene rings is 1. The Labute approximate surface area is 140 Å². The Morgan fingerprint density at radius 3 is 2.71 bits per heavy atom. The molecule has 1 aliphatic rings. The third-order valence-corrected chi connectivity index (χ3v) is 5.61. The van der Waals surface area contributed by atoms with Crippen molar-refractivity contribution < 1.29 is 12.8 Å². The minimum Gasteiger partial charge on any atom is -0.366 e. The van der Waals surface area contributed by atoms with Gasteiger partial charge in [-0.2, -0.15) is 0 Å². The van der Waals surface area contributed by atoms with E-state index in [1.165, 1.54) is 6.07 Å². The van der Waals surface area contributed by atoms with Crippen molar-refractivity contribution >= 4 is 21.5 Å². The first-order valence-electron chi connectivity index (χ1n) is 7.71. The summed E-state index contributed by atoms with van der Waals surface area (Å²) >= 11 is 0. The Hall–Kier alpha value is -2.22. The number of rotatable bonds is 5. The maximum absolute atomic E-state index is 13.7. The summed E-state index contributed by atoms with van der Waals surface area (Å²) in [5.41, 5.74) is 0.546. The summed E-state index contributed by atoms with van der Waals surface area (Å²) in [6, 6.07) is 8.11. The molecule has 128 valence electrons. The third-order valence-electron chi connectivity index (χ3n) is 3.84. The first kappa shape index (κ1) is 16.6. The fourth-order valence-corrected chi connectivity index (χ4v) is 4.35. The number of anilines is 2. The molecule has 0 radical (unpaired) electrons. The Morgan fingerprint density at radius 2 is 2.00 bits per heavy atom. The molecular weight excluding hydrogens is 331 g/mol. The molecule has 8 heteroatoms. The summed E-state index contributed by atoms with van der Waals surface area (Å²) in [5, 5.41) is 6.22. The number of aryl methyl sites for hydroxylation is 1. The van der Waals surface area contributed by atoms with Gasteiger partial charge in [-0.25, -0.2) is 22.8 Å². The van der Waals surface area contributed by atoms with Crippen molar-refractivity contribution in [1.29, 1.82) is 0 Å². The average molecular weight is 350 g/mol. The van der Waals surface area contributed by atoms with Crippen molar-refractivity contribution in [3.8, 4) is 0 Å². The van der Waals surface area contributed by atoms with Crippen LogP contribution in [0.4, 0.5) is 16.0 Å². The van der Waals surface area contributed by atoms with E-state index in [1.807, 2.05) is 0 Å². The Balaban J connectivity index is 1.69. The van der Waals surface area contributed by atoms with Crippen LogP contribution in [-0.2, 0) is 16.4 Å². The van der Waals surface area contributed by atoms with Crippen molar-refractivity contribution in [1.82, 2.24) is 9.97 Å². The zero-order valence-corrected chi connectivity index (χ0v) is 14.1. The van der Waals surface area contributed by atoms with Crippen LogP contribution in [0.3, 0.4) is 0 Å². The monoisotopic (exact) mass is 350 g/mol. The molecule has 0 bridgehead atoms. The average Bonchev–Trinajstić information content (AvgIpc) is 2.85. The van der Waals surface area contributed by atoms with Gasteiger partial charge < -0.3 is 10.6 Å². The summed E-state index contributed by atoms with van der Waals surface area (Å²) in [6.07, 6.45) is 0.573. The summed E-state index contributed by atoms with van der Waals surface area (Å²) < 4.78 is 36.7. The van der Waals surface area contributed by atoms with Crippen LogP contribution in [0.2, 0.25) is 0 Å². The van der Waals surface area contributed by atoms with Crippen molar-refractivity contribution in [2.75, 3.05) is 22.1 Å². The van der Waals surface area contributed by atoms with Gasteiger partial charge in [-0.05, 0) is 19.4 Å². The number of sulfone groups is 1. The van der Waals surface area contributed by atoms with Gasteiger partial charge in [0.05, 0.1) is 11.5 Å². The van der Waals surface area contributed by atoms with Crippen LogP contribution in [-0.4, -0.2) is 35.9 Å². The molecule has 0 amide bonds. The van der Waals surface area contributed by atoms with Gasteiger partial charge in [0.1, 0.15) is 23.3 Å². The van der Waals surface area contributed by atoms with Gasteiger partial charge in [0, 0.05) is 24.2 Å². The molecule has 1 aliphatic heterocycles. The quantitative estimate of drug-likeness (QED) is 0.859. The van der Waals surface area contributed by atoms with Gasteiger partial charge in [0.25, 0.3) is 0 Å². The lowest BCUT2D eigenvalue weighted by Crippen LogP contribution is -2.21. The highest BCUT2D eigenvalue weighted by molar-refractivity contribution is 7.91. The Kier molecular flexibility index (Phi) is 4.66. The number of hydrogen-bond donors (Lipinski definition) is 2. The summed E-state index contributed by atoms with van der Waals surface area (Å²) in [4.78, 5) is 8.57. The van der Waals surface area contributed by atoms with E-state index < -0.39 is 9.84 Å². The fourth-order valence-electron chi connectivity index (χ4n) is 2.68. The van der Waals surface area contributed by atoms with E-state index in [0.29, 0.717) is 36.0 Å². The van der Waals surface area contributed by atoms with Crippen LogP contribution < -0.4 is 10.6 Å². The largest absolute Gasteiger partial charge is 0.366 e. The number of halogens is 1. The summed E-state index contributed by atoms with van der Waals surface area (Å²) in [6.45, 7) is 2.06. The smallest absolute Gasteiger partial charge is 0.152 e. The minimum atomic E-state index is -2.95. The van der Waals surface area contributed by atoms with Crippen LogP contribution >= 0.6 is 0 Å². The first-order chi connectivity index (χ1) is 11.4. The molecule has 3 rings (SSSR count). The molecule has 1 aromatic heterocycles. The lowest BCUT2D eigenvalue weighted by Gasteiger charge is -2.14. The van der Waals surface area contributed by atoms with E-state index in [1.54, 1.807) is 31.2 Å². The lowest BCUT2D eigenvalue weighted by atomic mass is 10.2. The minimum absolute atomic E-state index is 0.119. The van der Waals surface area contributed by atoms with E-state index in [-0.39, 0.29) is 23.4 Å². The standard InChI is InChI=1S/C16H19FN4O2S/c1-11-19-15(18-9-12-4-2-3-5-14(12)17)8-16(20-11)21-13-6-7-24(22,23)10-13/h2-5,8,13H,6-7,9-10H2,1H3,(H2,18,19,20,21). The second-order valence-electron chi connectivity index (χ2n) is 5.87. The molecule has 0 spiro atoms. The van der Waals surface area contributed by atoms with Crippen LogP contribution in [0.5, 0.6) is 0 Å². The molecule has 24 heavy (non-hydrogen) atoms. The summed E-state index contributed by atoms with van der Waals surface area (Å²) in [7, 11) is -2.95. The Bertz CT molecular complexity index is 842. The van der Waals surface area contributed by atoms with E-state index >= 15 is 0 Å². The van der Waals surface area contributed by atoms with E-state index in [9.17, 15) is 12.8 Å². The maximum Gasteiger partial charge on any atom is 0.152 e. The highest BCUT2D eigenvalue weighted by Crippen LogP contribution is 2.19. The molecule has 2 heterocycles. The number of nitrogens with one attached hydrogen (secondary N) is 2. The van der Waals surface area contributed by atoms with E-state index in [2.05, 4.69) is 20.6 Å². The van der Waals surface area contributed by atoms with Crippen LogP contribution in [0.25, 0.3) is 0 Å². The Morgan fingerprint density at radius 1 is 1.25 bits per heavy atom. The number of nitrogens with zero attached hydrogens (tertiary/aromatic N) is 2. The number of aromatic nitrogens is 2. The zero-order chi connectivity index (χ0) is 17.2. The molecule has 0 aliphatic carbocycles. The predicted octanol–water partition coefficient (Wildman–Crippen LogP) is 2.14. The van der Waals surface area contributed by atoms with Gasteiger partial charge in [-0.3, -0.25) is 0 Å². The predicted molar refractivity (Wildman–Crippen MR) is 91.2 cm³/mol. The highest BCUT2D eigenvalue weighted by atomic mass is 32.2. The van der Waals surface area contributed by atoms with Gasteiger partial charge in [-0.1, -0.05) is 18.2 Å². The third kappa shape index (κ3) is 4.19. The molecule has 1 unspecified atom stereocenters. The van der Waals surface area contributed by atoms with Gasteiger partial charge >= 0.3 is 0 Å². The molecule has 1 atom stereocenters. The molecule has 1 saturated heterocycles. The first-order valence-corrected chi connectivity index (χ1v) is 9.53. The SMILES string of the molecule is Cc1nc(NCc2ccccc2F)cc(NC2CCS(=O)(=O)C2)n1. The van der Waals surface area contributed by atoms with Gasteiger partial charge in [-0.15, -0.1) is 0 Å². The molecule has 1 fully saturated rings. The second-order valence-corrected chi connectivity index (χ2v) is 8.10. The maximum atomic E-state index is 13.7. The molecular formula is C16H19FN4O2S. The number of hydrogen-bond acceptors (Lipinski definition) is 6. The normalized spacial score (nSPS) is 19.2. The van der Waals surface area contributed by atoms with Gasteiger partial charge in [0.15, 0.2) is 9.84 Å². The van der Waals surface area contributed by atoms with Crippen molar-refractivity contribution in [3.63, 3.8) is 0 Å². The van der Waals surface area contributed by atoms with Crippen molar-refractivity contribution in [2.24, 2.45) is 0 Å². The molecule has 2 N–H and O–H groups in total. The van der Waals surface area contributed by atoms with Crippen molar-refractivity contribution in [3.05, 3.63) is 47.5 Å². The van der Waals surface area contributed by atoms with Crippen LogP contribution in [0.1, 0.15) is 17.8 Å². The van der Waals surface area contributed by atoms with Crippen LogP contribution in [0, 0.1) is 12.7 Å². The molecule has 0 saturated carbocycles.